The highest BCUT2D eigenvalue weighted by atomic mass is 32.1. The molecule has 0 saturated carbocycles. The highest BCUT2D eigenvalue weighted by molar-refractivity contribution is 7.08. The number of aryl methyl sites for hydroxylation is 1. The molecule has 7 heteroatoms. The summed E-state index contributed by atoms with van der Waals surface area (Å²) < 4.78 is 0. The van der Waals surface area contributed by atoms with Gasteiger partial charge in [-0.1, -0.05) is 19.1 Å². The van der Waals surface area contributed by atoms with Gasteiger partial charge in [0.05, 0.1) is 6.04 Å². The molecule has 0 aliphatic carbocycles. The highest BCUT2D eigenvalue weighted by Crippen LogP contribution is 2.23. The molecule has 0 bridgehead atoms. The standard InChI is InChI=1S/C21H28N4O2S/c1-3-16-4-6-18(7-5-16)23-21(27)20(26)22-14-19(17-8-13-28-15-17)25-11-9-24(2)10-12-25/h4-8,13,15,19H,3,9-12,14H2,1-2H3,(H,22,26)(H,23,27). The van der Waals surface area contributed by atoms with Crippen LogP contribution in [0.5, 0.6) is 0 Å². The average Bonchev–Trinajstić information content (AvgIpc) is 3.24. The fraction of sp³-hybridized carbons (Fsp3) is 0.429. The molecular formula is C21H28N4O2S. The number of thiophene rings is 1. The van der Waals surface area contributed by atoms with Gasteiger partial charge in [-0.15, -0.1) is 0 Å². The molecule has 2 heterocycles. The third-order valence-corrected chi connectivity index (χ3v) is 5.89. The second kappa shape index (κ2) is 9.82. The molecular weight excluding hydrogens is 372 g/mol. The van der Waals surface area contributed by atoms with Gasteiger partial charge in [-0.25, -0.2) is 0 Å². The molecule has 1 aromatic heterocycles. The van der Waals surface area contributed by atoms with E-state index in [2.05, 4.69) is 45.9 Å². The first kappa shape index (κ1) is 20.5. The molecule has 1 unspecified atom stereocenters. The minimum absolute atomic E-state index is 0.0838. The van der Waals surface area contributed by atoms with Gasteiger partial charge < -0.3 is 15.5 Å². The van der Waals surface area contributed by atoms with E-state index in [9.17, 15) is 9.59 Å². The molecule has 6 nitrogen and oxygen atoms in total. The summed E-state index contributed by atoms with van der Waals surface area (Å²) in [4.78, 5) is 29.3. The first-order valence-corrected chi connectivity index (χ1v) is 10.6. The maximum absolute atomic E-state index is 12.3. The Balaban J connectivity index is 1.57. The molecule has 1 aliphatic heterocycles. The van der Waals surface area contributed by atoms with Crippen LogP contribution in [0.25, 0.3) is 0 Å². The summed E-state index contributed by atoms with van der Waals surface area (Å²) in [5, 5.41) is 9.65. The van der Waals surface area contributed by atoms with Crippen molar-refractivity contribution in [1.29, 1.82) is 0 Å². The number of nitrogens with zero attached hydrogens (tertiary/aromatic N) is 2. The molecule has 0 radical (unpaired) electrons. The molecule has 2 N–H and O–H groups in total. The summed E-state index contributed by atoms with van der Waals surface area (Å²) in [6.45, 7) is 6.39. The maximum atomic E-state index is 12.3. The normalized spacial score (nSPS) is 16.5. The van der Waals surface area contributed by atoms with Gasteiger partial charge in [0.25, 0.3) is 0 Å². The lowest BCUT2D eigenvalue weighted by Crippen LogP contribution is -2.49. The van der Waals surface area contributed by atoms with E-state index < -0.39 is 11.8 Å². The minimum Gasteiger partial charge on any atom is -0.346 e. The molecule has 2 aromatic rings. The van der Waals surface area contributed by atoms with Crippen LogP contribution < -0.4 is 10.6 Å². The van der Waals surface area contributed by atoms with E-state index in [4.69, 9.17) is 0 Å². The summed E-state index contributed by atoms with van der Waals surface area (Å²) in [7, 11) is 2.12. The third kappa shape index (κ3) is 5.41. The summed E-state index contributed by atoms with van der Waals surface area (Å²) >= 11 is 1.65. The largest absolute Gasteiger partial charge is 0.346 e. The first-order valence-electron chi connectivity index (χ1n) is 9.69. The monoisotopic (exact) mass is 400 g/mol. The summed E-state index contributed by atoms with van der Waals surface area (Å²) in [5.41, 5.74) is 3.00. The average molecular weight is 401 g/mol. The predicted molar refractivity (Wildman–Crippen MR) is 114 cm³/mol. The Morgan fingerprint density at radius 3 is 2.39 bits per heavy atom. The van der Waals surface area contributed by atoms with Crippen LogP contribution in [0, 0.1) is 0 Å². The fourth-order valence-corrected chi connectivity index (χ4v) is 4.04. The quantitative estimate of drug-likeness (QED) is 0.731. The Hall–Kier alpha value is -2.22. The molecule has 3 rings (SSSR count). The van der Waals surface area contributed by atoms with Crippen molar-refractivity contribution in [2.75, 3.05) is 45.1 Å². The summed E-state index contributed by atoms with van der Waals surface area (Å²) in [6, 6.07) is 9.72. The first-order chi connectivity index (χ1) is 13.6. The number of benzene rings is 1. The molecule has 0 spiro atoms. The summed E-state index contributed by atoms with van der Waals surface area (Å²) in [6.07, 6.45) is 0.935. The molecule has 1 fully saturated rings. The van der Waals surface area contributed by atoms with Crippen LogP contribution in [-0.4, -0.2) is 61.4 Å². The Morgan fingerprint density at radius 2 is 1.79 bits per heavy atom. The number of nitrogens with one attached hydrogen (secondary N) is 2. The smallest absolute Gasteiger partial charge is 0.313 e. The van der Waals surface area contributed by atoms with E-state index in [-0.39, 0.29) is 6.04 Å². The number of rotatable bonds is 6. The van der Waals surface area contributed by atoms with Crippen molar-refractivity contribution in [3.8, 4) is 0 Å². The molecule has 28 heavy (non-hydrogen) atoms. The number of hydrogen-bond acceptors (Lipinski definition) is 5. The van der Waals surface area contributed by atoms with Gasteiger partial charge in [-0.2, -0.15) is 11.3 Å². The Bertz CT molecular complexity index is 768. The van der Waals surface area contributed by atoms with Gasteiger partial charge in [-0.05, 0) is 53.6 Å². The minimum atomic E-state index is -0.633. The molecule has 150 valence electrons. The lowest BCUT2D eigenvalue weighted by Gasteiger charge is -2.37. The SMILES string of the molecule is CCc1ccc(NC(=O)C(=O)NCC(c2ccsc2)N2CCN(C)CC2)cc1. The van der Waals surface area contributed by atoms with E-state index in [1.165, 1.54) is 11.1 Å². The Kier molecular flexibility index (Phi) is 7.19. The number of piperazine rings is 1. The van der Waals surface area contributed by atoms with Crippen molar-refractivity contribution >= 4 is 28.8 Å². The van der Waals surface area contributed by atoms with E-state index in [1.54, 1.807) is 11.3 Å². The molecule has 1 atom stereocenters. The predicted octanol–water partition coefficient (Wildman–Crippen LogP) is 2.35. The Morgan fingerprint density at radius 1 is 1.07 bits per heavy atom. The lowest BCUT2D eigenvalue weighted by atomic mass is 10.1. The van der Waals surface area contributed by atoms with Gasteiger partial charge in [-0.3, -0.25) is 14.5 Å². The van der Waals surface area contributed by atoms with Crippen molar-refractivity contribution in [2.24, 2.45) is 0 Å². The van der Waals surface area contributed by atoms with Crippen LogP contribution in [0.4, 0.5) is 5.69 Å². The van der Waals surface area contributed by atoms with Crippen molar-refractivity contribution in [3.63, 3.8) is 0 Å². The zero-order chi connectivity index (χ0) is 19.9. The van der Waals surface area contributed by atoms with Gasteiger partial charge in [0, 0.05) is 38.4 Å². The fourth-order valence-electron chi connectivity index (χ4n) is 3.34. The number of carbonyl (C=O) groups is 2. The lowest BCUT2D eigenvalue weighted by molar-refractivity contribution is -0.136. The maximum Gasteiger partial charge on any atom is 0.313 e. The van der Waals surface area contributed by atoms with Crippen molar-refractivity contribution in [3.05, 3.63) is 52.2 Å². The highest BCUT2D eigenvalue weighted by Gasteiger charge is 2.25. The zero-order valence-electron chi connectivity index (χ0n) is 16.5. The van der Waals surface area contributed by atoms with E-state index in [1.807, 2.05) is 29.6 Å². The van der Waals surface area contributed by atoms with Crippen molar-refractivity contribution in [1.82, 2.24) is 15.1 Å². The Labute approximate surface area is 170 Å². The van der Waals surface area contributed by atoms with Gasteiger partial charge >= 0.3 is 11.8 Å². The van der Waals surface area contributed by atoms with Gasteiger partial charge in [0.2, 0.25) is 0 Å². The zero-order valence-corrected chi connectivity index (χ0v) is 17.3. The molecule has 1 aromatic carbocycles. The number of carbonyl (C=O) groups excluding carboxylic acids is 2. The second-order valence-corrected chi connectivity index (χ2v) is 7.91. The number of amides is 2. The third-order valence-electron chi connectivity index (χ3n) is 5.19. The van der Waals surface area contributed by atoms with Crippen molar-refractivity contribution in [2.45, 2.75) is 19.4 Å². The van der Waals surface area contributed by atoms with Crippen LogP contribution >= 0.6 is 11.3 Å². The summed E-state index contributed by atoms with van der Waals surface area (Å²) in [5.74, 6) is -1.24. The number of likely N-dealkylation sites (N-methyl/N-ethyl adjacent to an activating group) is 1. The molecule has 1 aliphatic rings. The van der Waals surface area contributed by atoms with Crippen LogP contribution in [0.15, 0.2) is 41.1 Å². The number of hydrogen-bond donors (Lipinski definition) is 2. The topological polar surface area (TPSA) is 64.7 Å². The van der Waals surface area contributed by atoms with Crippen LogP contribution in [0.3, 0.4) is 0 Å². The molecule has 2 amide bonds. The van der Waals surface area contributed by atoms with Gasteiger partial charge in [0.1, 0.15) is 0 Å². The molecule has 1 saturated heterocycles. The number of anilines is 1. The van der Waals surface area contributed by atoms with Crippen LogP contribution in [0.2, 0.25) is 0 Å². The second-order valence-electron chi connectivity index (χ2n) is 7.13. The van der Waals surface area contributed by atoms with Crippen LogP contribution in [0.1, 0.15) is 24.1 Å². The van der Waals surface area contributed by atoms with Crippen LogP contribution in [-0.2, 0) is 16.0 Å². The van der Waals surface area contributed by atoms with Gasteiger partial charge in [0.15, 0.2) is 0 Å². The van der Waals surface area contributed by atoms with Crippen molar-refractivity contribution < 1.29 is 9.59 Å². The van der Waals surface area contributed by atoms with E-state index in [0.29, 0.717) is 12.2 Å². The van der Waals surface area contributed by atoms with E-state index in [0.717, 1.165) is 32.6 Å². The van der Waals surface area contributed by atoms with E-state index >= 15 is 0 Å².